The molecule has 1 amide bonds. The van der Waals surface area contributed by atoms with Gasteiger partial charge in [-0.3, -0.25) is 4.79 Å². The Labute approximate surface area is 188 Å². The average Bonchev–Trinajstić information content (AvgIpc) is 3.48. The zero-order valence-electron chi connectivity index (χ0n) is 18.5. The molecule has 32 heavy (non-hydrogen) atoms. The monoisotopic (exact) mass is 431 g/mol. The average molecular weight is 432 g/mol. The number of nitrogens with one attached hydrogen (secondary N) is 1. The molecule has 166 valence electrons. The van der Waals surface area contributed by atoms with Gasteiger partial charge in [-0.2, -0.15) is 5.10 Å². The van der Waals surface area contributed by atoms with Crippen LogP contribution in [0, 0.1) is 0 Å². The maximum absolute atomic E-state index is 13.3. The van der Waals surface area contributed by atoms with E-state index < -0.39 is 0 Å². The molecular weight excluding hydrogens is 402 g/mol. The van der Waals surface area contributed by atoms with Crippen molar-refractivity contribution in [2.24, 2.45) is 5.10 Å². The highest BCUT2D eigenvalue weighted by atomic mass is 16.5. The van der Waals surface area contributed by atoms with Crippen molar-refractivity contribution in [3.8, 4) is 5.75 Å². The Morgan fingerprint density at radius 2 is 1.88 bits per heavy atom. The molecule has 1 N–H and O–H groups in total. The summed E-state index contributed by atoms with van der Waals surface area (Å²) in [4.78, 5) is 23.9. The molecule has 7 nitrogen and oxygen atoms in total. The van der Waals surface area contributed by atoms with Crippen molar-refractivity contribution in [1.29, 1.82) is 0 Å². The van der Waals surface area contributed by atoms with Gasteiger partial charge in [0.1, 0.15) is 17.6 Å². The molecule has 0 spiro atoms. The Balaban J connectivity index is 1.40. The predicted octanol–water partition coefficient (Wildman–Crippen LogP) is 4.13. The van der Waals surface area contributed by atoms with Gasteiger partial charge in [-0.05, 0) is 67.9 Å². The molecule has 7 heteroatoms. The number of nitrogens with zero attached hydrogens (tertiary/aromatic N) is 4. The van der Waals surface area contributed by atoms with Crippen molar-refractivity contribution in [2.45, 2.75) is 38.1 Å². The van der Waals surface area contributed by atoms with Crippen LogP contribution in [0.4, 0.5) is 0 Å². The molecule has 1 atom stereocenters. The van der Waals surface area contributed by atoms with E-state index in [1.807, 2.05) is 48.5 Å². The summed E-state index contributed by atoms with van der Waals surface area (Å²) in [5, 5.41) is 6.44. The molecule has 1 saturated heterocycles. The van der Waals surface area contributed by atoms with Crippen molar-refractivity contribution in [1.82, 2.24) is 19.9 Å². The van der Waals surface area contributed by atoms with Crippen LogP contribution in [0.25, 0.3) is 11.0 Å². The smallest absolute Gasteiger partial charge is 0.244 e. The van der Waals surface area contributed by atoms with Gasteiger partial charge in [-0.15, -0.1) is 0 Å². The lowest BCUT2D eigenvalue weighted by Crippen LogP contribution is -2.35. The largest absolute Gasteiger partial charge is 0.497 e. The summed E-state index contributed by atoms with van der Waals surface area (Å²) < 4.78 is 5.28. The van der Waals surface area contributed by atoms with E-state index in [1.165, 1.54) is 19.3 Å². The molecule has 2 aliphatic rings. The van der Waals surface area contributed by atoms with Crippen molar-refractivity contribution < 1.29 is 9.53 Å². The molecule has 2 aliphatic heterocycles. The second-order valence-corrected chi connectivity index (χ2v) is 8.52. The van der Waals surface area contributed by atoms with E-state index >= 15 is 0 Å². The number of imidazole rings is 1. The van der Waals surface area contributed by atoms with Gasteiger partial charge in [-0.25, -0.2) is 9.99 Å². The maximum atomic E-state index is 13.3. The minimum absolute atomic E-state index is 0.0459. The fourth-order valence-electron chi connectivity index (χ4n) is 4.59. The Morgan fingerprint density at radius 1 is 1.09 bits per heavy atom. The minimum atomic E-state index is -0.228. The van der Waals surface area contributed by atoms with Crippen LogP contribution in [0.15, 0.2) is 53.6 Å². The number of aromatic amines is 1. The lowest BCUT2D eigenvalue weighted by atomic mass is 10.0. The SMILES string of the molecule is COc1ccc(C2=NN(C(=O)CCN3CCCCC3)[C@H](c3nc4ccccc4[nH]3)C2)cc1. The number of para-hydroxylation sites is 2. The van der Waals surface area contributed by atoms with Gasteiger partial charge in [0.25, 0.3) is 0 Å². The number of fused-ring (bicyclic) bond motifs is 1. The third kappa shape index (κ3) is 4.25. The molecule has 0 radical (unpaired) electrons. The molecule has 5 rings (SSSR count). The maximum Gasteiger partial charge on any atom is 0.244 e. The van der Waals surface area contributed by atoms with Crippen molar-refractivity contribution in [3.63, 3.8) is 0 Å². The number of rotatable bonds is 6. The highest BCUT2D eigenvalue weighted by molar-refractivity contribution is 6.03. The van der Waals surface area contributed by atoms with E-state index in [-0.39, 0.29) is 11.9 Å². The van der Waals surface area contributed by atoms with Gasteiger partial charge in [0.2, 0.25) is 5.91 Å². The van der Waals surface area contributed by atoms with E-state index in [2.05, 4.69) is 9.88 Å². The summed E-state index contributed by atoms with van der Waals surface area (Å²) >= 11 is 0. The molecule has 1 aromatic heterocycles. The Kier molecular flexibility index (Phi) is 5.90. The van der Waals surface area contributed by atoms with E-state index in [0.717, 1.165) is 53.5 Å². The first-order valence-corrected chi connectivity index (χ1v) is 11.4. The van der Waals surface area contributed by atoms with Crippen LogP contribution in [0.5, 0.6) is 5.75 Å². The number of likely N-dealkylation sites (tertiary alicyclic amines) is 1. The fourth-order valence-corrected chi connectivity index (χ4v) is 4.59. The quantitative estimate of drug-likeness (QED) is 0.637. The fraction of sp³-hybridized carbons (Fsp3) is 0.400. The number of carbonyl (C=O) groups excluding carboxylic acids is 1. The molecule has 0 bridgehead atoms. The standard InChI is InChI=1S/C25H29N5O2/c1-32-19-11-9-18(10-12-19)22-17-23(25-26-20-7-3-4-8-21(20)27-25)30(28-22)24(31)13-16-29-14-5-2-6-15-29/h3-4,7-12,23H,2,5-6,13-17H2,1H3,(H,26,27)/t23-/m0/s1. The van der Waals surface area contributed by atoms with Crippen molar-refractivity contribution in [3.05, 3.63) is 59.9 Å². The van der Waals surface area contributed by atoms with Gasteiger partial charge in [0.15, 0.2) is 0 Å². The number of benzene rings is 2. The lowest BCUT2D eigenvalue weighted by Gasteiger charge is -2.27. The number of aromatic nitrogens is 2. The lowest BCUT2D eigenvalue weighted by molar-refractivity contribution is -0.133. The molecule has 3 heterocycles. The van der Waals surface area contributed by atoms with Gasteiger partial charge in [-0.1, -0.05) is 18.6 Å². The van der Waals surface area contributed by atoms with E-state index in [9.17, 15) is 4.79 Å². The summed E-state index contributed by atoms with van der Waals surface area (Å²) in [5.41, 5.74) is 3.77. The van der Waals surface area contributed by atoms with Crippen LogP contribution >= 0.6 is 0 Å². The topological polar surface area (TPSA) is 73.8 Å². The summed E-state index contributed by atoms with van der Waals surface area (Å²) in [6.45, 7) is 2.96. The Morgan fingerprint density at radius 3 is 2.62 bits per heavy atom. The zero-order valence-corrected chi connectivity index (χ0v) is 18.5. The first-order valence-electron chi connectivity index (χ1n) is 11.4. The van der Waals surface area contributed by atoms with Crippen LogP contribution < -0.4 is 4.74 Å². The summed E-state index contributed by atoms with van der Waals surface area (Å²) in [5.74, 6) is 1.63. The number of methoxy groups -OCH3 is 1. The van der Waals surface area contributed by atoms with Crippen LogP contribution in [-0.4, -0.2) is 58.2 Å². The third-order valence-corrected chi connectivity index (χ3v) is 6.40. The van der Waals surface area contributed by atoms with Gasteiger partial charge in [0, 0.05) is 19.4 Å². The van der Waals surface area contributed by atoms with Crippen LogP contribution in [0.1, 0.15) is 49.5 Å². The highest BCUT2D eigenvalue weighted by Crippen LogP contribution is 2.33. The second kappa shape index (κ2) is 9.12. The van der Waals surface area contributed by atoms with Crippen LogP contribution in [0.3, 0.4) is 0 Å². The van der Waals surface area contributed by atoms with Gasteiger partial charge in [0.05, 0.1) is 23.9 Å². The van der Waals surface area contributed by atoms with E-state index in [1.54, 1.807) is 12.1 Å². The first kappa shape index (κ1) is 20.7. The van der Waals surface area contributed by atoms with Crippen LogP contribution in [-0.2, 0) is 4.79 Å². The number of H-pyrrole nitrogens is 1. The van der Waals surface area contributed by atoms with Gasteiger partial charge < -0.3 is 14.6 Å². The summed E-state index contributed by atoms with van der Waals surface area (Å²) in [7, 11) is 1.66. The summed E-state index contributed by atoms with van der Waals surface area (Å²) in [6, 6.07) is 15.6. The number of carbonyl (C=O) groups is 1. The third-order valence-electron chi connectivity index (χ3n) is 6.40. The highest BCUT2D eigenvalue weighted by Gasteiger charge is 2.35. The van der Waals surface area contributed by atoms with Crippen molar-refractivity contribution >= 4 is 22.7 Å². The number of ether oxygens (including phenoxy) is 1. The van der Waals surface area contributed by atoms with Crippen molar-refractivity contribution in [2.75, 3.05) is 26.7 Å². The van der Waals surface area contributed by atoms with E-state index in [0.29, 0.717) is 12.8 Å². The van der Waals surface area contributed by atoms with E-state index in [4.69, 9.17) is 14.8 Å². The predicted molar refractivity (Wildman–Crippen MR) is 125 cm³/mol. The zero-order chi connectivity index (χ0) is 21.9. The minimum Gasteiger partial charge on any atom is -0.497 e. The molecule has 2 aromatic carbocycles. The molecule has 1 fully saturated rings. The first-order chi connectivity index (χ1) is 15.7. The normalized spacial score (nSPS) is 19.3. The second-order valence-electron chi connectivity index (χ2n) is 8.52. The molecule has 3 aromatic rings. The Hall–Kier alpha value is -3.19. The summed E-state index contributed by atoms with van der Waals surface area (Å²) in [6.07, 6.45) is 4.83. The molecule has 0 unspecified atom stereocenters. The number of hydrazone groups is 1. The number of hydrogen-bond acceptors (Lipinski definition) is 5. The molecular formula is C25H29N5O2. The molecule has 0 saturated carbocycles. The van der Waals surface area contributed by atoms with Crippen LogP contribution in [0.2, 0.25) is 0 Å². The molecule has 0 aliphatic carbocycles. The Bertz CT molecular complexity index is 1080. The number of amides is 1. The number of piperidine rings is 1. The van der Waals surface area contributed by atoms with Gasteiger partial charge >= 0.3 is 0 Å². The number of hydrogen-bond donors (Lipinski definition) is 1.